The maximum Gasteiger partial charge on any atom is 0.263 e. The van der Waals surface area contributed by atoms with E-state index in [0.29, 0.717) is 35.7 Å². The highest BCUT2D eigenvalue weighted by atomic mass is 19.1. The van der Waals surface area contributed by atoms with Crippen LogP contribution >= 0.6 is 0 Å². The predicted octanol–water partition coefficient (Wildman–Crippen LogP) is 2.46. The normalized spacial score (nSPS) is 13.2. The summed E-state index contributed by atoms with van der Waals surface area (Å²) in [4.78, 5) is 17.0. The molecule has 1 aliphatic heterocycles. The molecule has 0 N–H and O–H groups in total. The van der Waals surface area contributed by atoms with Gasteiger partial charge >= 0.3 is 0 Å². The fourth-order valence-electron chi connectivity index (χ4n) is 2.71. The summed E-state index contributed by atoms with van der Waals surface area (Å²) in [6.07, 6.45) is 2.21. The van der Waals surface area contributed by atoms with Gasteiger partial charge in [0.05, 0.1) is 23.2 Å². The van der Waals surface area contributed by atoms with Gasteiger partial charge in [0.25, 0.3) is 5.56 Å². The average Bonchev–Trinajstić information content (AvgIpc) is 2.99. The van der Waals surface area contributed by atoms with Gasteiger partial charge in [0.1, 0.15) is 11.6 Å². The maximum atomic E-state index is 13.1. The van der Waals surface area contributed by atoms with Crippen LogP contribution in [-0.4, -0.2) is 16.2 Å². The first-order valence-corrected chi connectivity index (χ1v) is 6.67. The Bertz CT molecular complexity index is 901. The molecule has 5 heteroatoms. The fraction of sp³-hybridized carbons (Fsp3) is 0.125. The smallest absolute Gasteiger partial charge is 0.263 e. The van der Waals surface area contributed by atoms with Gasteiger partial charge in [-0.05, 0) is 36.4 Å². The third kappa shape index (κ3) is 1.74. The molecule has 0 fully saturated rings. The third-order valence-corrected chi connectivity index (χ3v) is 3.66. The van der Waals surface area contributed by atoms with Crippen molar-refractivity contribution < 1.29 is 9.13 Å². The lowest BCUT2D eigenvalue weighted by atomic mass is 10.1. The van der Waals surface area contributed by atoms with Crippen LogP contribution in [0, 0.1) is 5.82 Å². The number of nitrogens with zero attached hydrogens (tertiary/aromatic N) is 2. The Hall–Kier alpha value is -2.69. The molecule has 0 unspecified atom stereocenters. The summed E-state index contributed by atoms with van der Waals surface area (Å²) >= 11 is 0. The van der Waals surface area contributed by atoms with E-state index in [-0.39, 0.29) is 11.4 Å². The number of halogens is 1. The second-order valence-electron chi connectivity index (χ2n) is 4.90. The van der Waals surface area contributed by atoms with Gasteiger partial charge < -0.3 is 4.74 Å². The molecule has 104 valence electrons. The van der Waals surface area contributed by atoms with Crippen molar-refractivity contribution in [3.05, 3.63) is 64.3 Å². The van der Waals surface area contributed by atoms with Gasteiger partial charge in [-0.25, -0.2) is 9.37 Å². The Morgan fingerprint density at radius 3 is 2.81 bits per heavy atom. The maximum absolute atomic E-state index is 13.1. The first kappa shape index (κ1) is 12.1. The Morgan fingerprint density at radius 1 is 1.19 bits per heavy atom. The van der Waals surface area contributed by atoms with Gasteiger partial charge in [0.15, 0.2) is 5.65 Å². The molecule has 1 aromatic carbocycles. The molecule has 0 bridgehead atoms. The minimum Gasteiger partial charge on any atom is -0.492 e. The molecule has 0 atom stereocenters. The van der Waals surface area contributed by atoms with Gasteiger partial charge in [-0.3, -0.25) is 9.36 Å². The molecule has 0 radical (unpaired) electrons. The van der Waals surface area contributed by atoms with E-state index in [1.807, 2.05) is 12.1 Å². The first-order valence-electron chi connectivity index (χ1n) is 6.67. The second-order valence-corrected chi connectivity index (χ2v) is 4.90. The van der Waals surface area contributed by atoms with E-state index in [9.17, 15) is 9.18 Å². The summed E-state index contributed by atoms with van der Waals surface area (Å²) in [7, 11) is 0. The van der Waals surface area contributed by atoms with Crippen LogP contribution in [-0.2, 0) is 6.42 Å². The number of aromatic nitrogens is 2. The lowest BCUT2D eigenvalue weighted by molar-refractivity contribution is 0.360. The van der Waals surface area contributed by atoms with Crippen LogP contribution in [0.5, 0.6) is 5.75 Å². The molecule has 3 heterocycles. The van der Waals surface area contributed by atoms with E-state index in [4.69, 9.17) is 4.74 Å². The second kappa shape index (κ2) is 4.41. The number of fused-ring (bicyclic) bond motifs is 3. The molecular weight excluding hydrogens is 271 g/mol. The van der Waals surface area contributed by atoms with Crippen molar-refractivity contribution in [2.45, 2.75) is 6.42 Å². The number of benzene rings is 1. The topological polar surface area (TPSA) is 44.1 Å². The lowest BCUT2D eigenvalue weighted by Gasteiger charge is -2.12. The Morgan fingerprint density at radius 2 is 2.00 bits per heavy atom. The fourth-order valence-corrected chi connectivity index (χ4v) is 2.71. The van der Waals surface area contributed by atoms with Crippen LogP contribution in [0.1, 0.15) is 5.56 Å². The number of pyridine rings is 2. The summed E-state index contributed by atoms with van der Waals surface area (Å²) in [6.45, 7) is 0.502. The number of hydrogen-bond donors (Lipinski definition) is 0. The molecule has 0 spiro atoms. The van der Waals surface area contributed by atoms with Crippen molar-refractivity contribution in [3.63, 3.8) is 0 Å². The quantitative estimate of drug-likeness (QED) is 0.688. The first-order chi connectivity index (χ1) is 10.3. The van der Waals surface area contributed by atoms with Crippen molar-refractivity contribution in [1.29, 1.82) is 0 Å². The summed E-state index contributed by atoms with van der Waals surface area (Å²) in [5, 5.41) is 0.800. The van der Waals surface area contributed by atoms with E-state index < -0.39 is 0 Å². The van der Waals surface area contributed by atoms with Gasteiger partial charge in [-0.1, -0.05) is 0 Å². The van der Waals surface area contributed by atoms with Gasteiger partial charge in [0.2, 0.25) is 0 Å². The van der Waals surface area contributed by atoms with Crippen molar-refractivity contribution in [3.8, 4) is 11.4 Å². The van der Waals surface area contributed by atoms with E-state index >= 15 is 0 Å². The SMILES string of the molecule is O=c1c2c(c3cccnc3n1-c1ccc(F)cc1)OCC2. The van der Waals surface area contributed by atoms with Crippen LogP contribution in [0.15, 0.2) is 47.4 Å². The molecule has 0 amide bonds. The summed E-state index contributed by atoms with van der Waals surface area (Å²) in [5.74, 6) is 0.287. The summed E-state index contributed by atoms with van der Waals surface area (Å²) in [5.41, 5.74) is 1.62. The zero-order valence-electron chi connectivity index (χ0n) is 11.0. The van der Waals surface area contributed by atoms with E-state index in [2.05, 4.69) is 4.98 Å². The molecule has 0 saturated heterocycles. The molecule has 4 rings (SSSR count). The molecule has 21 heavy (non-hydrogen) atoms. The molecule has 0 aliphatic carbocycles. The number of hydrogen-bond acceptors (Lipinski definition) is 3. The standard InChI is InChI=1S/C16H11FN2O2/c17-10-3-5-11(6-4-10)19-15-12(2-1-8-18-15)14-13(16(19)20)7-9-21-14/h1-6,8H,7,9H2. The molecule has 1 aliphatic rings. The predicted molar refractivity (Wildman–Crippen MR) is 76.5 cm³/mol. The summed E-state index contributed by atoms with van der Waals surface area (Å²) < 4.78 is 20.2. The van der Waals surface area contributed by atoms with Crippen LogP contribution in [0.4, 0.5) is 4.39 Å². The monoisotopic (exact) mass is 282 g/mol. The molecule has 0 saturated carbocycles. The zero-order valence-corrected chi connectivity index (χ0v) is 11.0. The lowest BCUT2D eigenvalue weighted by Crippen LogP contribution is -2.22. The molecule has 2 aromatic heterocycles. The summed E-state index contributed by atoms with van der Waals surface area (Å²) in [6, 6.07) is 9.51. The van der Waals surface area contributed by atoms with Crippen LogP contribution in [0.3, 0.4) is 0 Å². The Labute approximate surface area is 119 Å². The molecule has 3 aromatic rings. The van der Waals surface area contributed by atoms with Crippen LogP contribution in [0.25, 0.3) is 16.7 Å². The Balaban J connectivity index is 2.14. The third-order valence-electron chi connectivity index (χ3n) is 3.66. The zero-order chi connectivity index (χ0) is 14.4. The van der Waals surface area contributed by atoms with Crippen LogP contribution < -0.4 is 10.3 Å². The van der Waals surface area contributed by atoms with E-state index in [1.165, 1.54) is 16.7 Å². The highest BCUT2D eigenvalue weighted by molar-refractivity contribution is 5.85. The van der Waals surface area contributed by atoms with Crippen LogP contribution in [0.2, 0.25) is 0 Å². The van der Waals surface area contributed by atoms with Crippen molar-refractivity contribution in [2.75, 3.05) is 6.61 Å². The Kier molecular flexibility index (Phi) is 2.54. The molecule has 4 nitrogen and oxygen atoms in total. The van der Waals surface area contributed by atoms with Crippen molar-refractivity contribution in [1.82, 2.24) is 9.55 Å². The largest absolute Gasteiger partial charge is 0.492 e. The van der Waals surface area contributed by atoms with E-state index in [0.717, 1.165) is 5.39 Å². The highest BCUT2D eigenvalue weighted by Gasteiger charge is 2.23. The number of ether oxygens (including phenoxy) is 1. The van der Waals surface area contributed by atoms with Crippen molar-refractivity contribution >= 4 is 11.0 Å². The average molecular weight is 282 g/mol. The van der Waals surface area contributed by atoms with Gasteiger partial charge in [-0.15, -0.1) is 0 Å². The van der Waals surface area contributed by atoms with Gasteiger partial charge in [-0.2, -0.15) is 0 Å². The molecular formula is C16H11FN2O2. The van der Waals surface area contributed by atoms with Gasteiger partial charge in [0, 0.05) is 12.6 Å². The van der Waals surface area contributed by atoms with Crippen molar-refractivity contribution in [2.24, 2.45) is 0 Å². The van der Waals surface area contributed by atoms with E-state index in [1.54, 1.807) is 18.3 Å². The highest BCUT2D eigenvalue weighted by Crippen LogP contribution is 2.31. The minimum atomic E-state index is -0.339. The number of rotatable bonds is 1. The minimum absolute atomic E-state index is 0.152.